The van der Waals surface area contributed by atoms with E-state index in [-0.39, 0.29) is 0 Å². The van der Waals surface area contributed by atoms with Crippen LogP contribution < -0.4 is 4.74 Å². The van der Waals surface area contributed by atoms with E-state index in [0.717, 1.165) is 43.3 Å². The van der Waals surface area contributed by atoms with Crippen LogP contribution in [0.5, 0.6) is 5.75 Å². The van der Waals surface area contributed by atoms with Crippen LogP contribution in [0.25, 0.3) is 0 Å². The summed E-state index contributed by atoms with van der Waals surface area (Å²) in [6.45, 7) is 5.02. The van der Waals surface area contributed by atoms with E-state index in [1.165, 1.54) is 29.5 Å². The van der Waals surface area contributed by atoms with E-state index < -0.39 is 0 Å². The second-order valence-corrected chi connectivity index (χ2v) is 7.42. The fraction of sp³-hybridized carbons (Fsp3) is 0.455. The van der Waals surface area contributed by atoms with Crippen LogP contribution in [0.15, 0.2) is 42.5 Å². The second-order valence-electron chi connectivity index (χ2n) is 7.01. The molecule has 0 aliphatic carbocycles. The van der Waals surface area contributed by atoms with E-state index >= 15 is 0 Å². The third-order valence-electron chi connectivity index (χ3n) is 5.03. The summed E-state index contributed by atoms with van der Waals surface area (Å²) in [5.41, 5.74) is 4.08. The molecule has 3 rings (SSSR count). The zero-order chi connectivity index (χ0) is 17.6. The molecule has 0 aromatic heterocycles. The first-order valence-corrected chi connectivity index (χ1v) is 9.75. The Morgan fingerprint density at radius 3 is 2.72 bits per heavy atom. The molecule has 134 valence electrons. The smallest absolute Gasteiger partial charge is 0.138 e. The summed E-state index contributed by atoms with van der Waals surface area (Å²) in [4.78, 5) is 2.41. The highest BCUT2D eigenvalue weighted by atomic mass is 35.5. The van der Waals surface area contributed by atoms with Gasteiger partial charge in [0.2, 0.25) is 0 Å². The van der Waals surface area contributed by atoms with E-state index in [4.69, 9.17) is 16.3 Å². The first-order chi connectivity index (χ1) is 12.2. The molecule has 0 saturated carbocycles. The molecule has 3 heteroatoms. The molecule has 25 heavy (non-hydrogen) atoms. The Morgan fingerprint density at radius 2 is 1.96 bits per heavy atom. The predicted octanol–water partition coefficient (Wildman–Crippen LogP) is 5.53. The van der Waals surface area contributed by atoms with Crippen LogP contribution in [0.3, 0.4) is 0 Å². The van der Waals surface area contributed by atoms with E-state index in [0.29, 0.717) is 5.92 Å². The Labute approximate surface area is 156 Å². The average Bonchev–Trinajstić information content (AvgIpc) is 2.79. The van der Waals surface area contributed by atoms with Gasteiger partial charge in [-0.05, 0) is 48.7 Å². The lowest BCUT2D eigenvalue weighted by Gasteiger charge is -2.23. The largest absolute Gasteiger partial charge is 0.492 e. The summed E-state index contributed by atoms with van der Waals surface area (Å²) in [5, 5.41) is 0.742. The summed E-state index contributed by atoms with van der Waals surface area (Å²) in [7, 11) is 2.20. The molecule has 1 aliphatic heterocycles. The molecule has 2 aromatic rings. The number of likely N-dealkylation sites (N-methyl/N-ethyl adjacent to an activating group) is 1. The Bertz CT molecular complexity index is 686. The third-order valence-corrected chi connectivity index (χ3v) is 5.33. The zero-order valence-corrected chi connectivity index (χ0v) is 16.1. The summed E-state index contributed by atoms with van der Waals surface area (Å²) >= 11 is 6.52. The quantitative estimate of drug-likeness (QED) is 0.630. The normalized spacial score (nSPS) is 17.8. The first kappa shape index (κ1) is 18.3. The standard InChI is InChI=1S/C22H28ClNO/c1-3-4-8-13-25-22-15-19-18(14-21(22)23)11-12-24(2)16-20(19)17-9-6-5-7-10-17/h5-7,9-10,14-15,20H,3-4,8,11-13,16H2,1-2H3/t20-/m0/s1. The molecular formula is C22H28ClNO. The lowest BCUT2D eigenvalue weighted by Crippen LogP contribution is -2.24. The van der Waals surface area contributed by atoms with Gasteiger partial charge < -0.3 is 9.64 Å². The van der Waals surface area contributed by atoms with Gasteiger partial charge in [0, 0.05) is 19.0 Å². The summed E-state index contributed by atoms with van der Waals surface area (Å²) < 4.78 is 6.01. The number of unbranched alkanes of at least 4 members (excludes halogenated alkanes) is 2. The third kappa shape index (κ3) is 4.56. The zero-order valence-electron chi connectivity index (χ0n) is 15.3. The first-order valence-electron chi connectivity index (χ1n) is 9.37. The number of halogens is 1. The minimum atomic E-state index is 0.360. The summed E-state index contributed by atoms with van der Waals surface area (Å²) in [6.07, 6.45) is 4.50. The number of fused-ring (bicyclic) bond motifs is 1. The Morgan fingerprint density at radius 1 is 1.16 bits per heavy atom. The summed E-state index contributed by atoms with van der Waals surface area (Å²) in [5.74, 6) is 1.20. The molecule has 0 radical (unpaired) electrons. The number of nitrogens with zero attached hydrogens (tertiary/aromatic N) is 1. The Kier molecular flexibility index (Phi) is 6.39. The van der Waals surface area contributed by atoms with Crippen molar-refractivity contribution < 1.29 is 4.74 Å². The van der Waals surface area contributed by atoms with Crippen molar-refractivity contribution in [1.29, 1.82) is 0 Å². The van der Waals surface area contributed by atoms with Crippen molar-refractivity contribution in [3.63, 3.8) is 0 Å². The van der Waals surface area contributed by atoms with Gasteiger partial charge in [0.25, 0.3) is 0 Å². The van der Waals surface area contributed by atoms with Crippen LogP contribution in [-0.2, 0) is 6.42 Å². The lowest BCUT2D eigenvalue weighted by atomic mass is 9.88. The summed E-state index contributed by atoms with van der Waals surface area (Å²) in [6, 6.07) is 15.1. The van der Waals surface area contributed by atoms with Crippen molar-refractivity contribution in [3.05, 3.63) is 64.2 Å². The van der Waals surface area contributed by atoms with Crippen LogP contribution >= 0.6 is 11.6 Å². The van der Waals surface area contributed by atoms with Gasteiger partial charge in [-0.1, -0.05) is 61.7 Å². The monoisotopic (exact) mass is 357 g/mol. The van der Waals surface area contributed by atoms with Crippen LogP contribution in [-0.4, -0.2) is 31.6 Å². The van der Waals surface area contributed by atoms with Crippen molar-refractivity contribution in [2.75, 3.05) is 26.7 Å². The van der Waals surface area contributed by atoms with Gasteiger partial charge in [-0.3, -0.25) is 0 Å². The Balaban J connectivity index is 1.92. The molecule has 0 bridgehead atoms. The molecular weight excluding hydrogens is 330 g/mol. The van der Waals surface area contributed by atoms with Gasteiger partial charge in [-0.2, -0.15) is 0 Å². The maximum atomic E-state index is 6.52. The van der Waals surface area contributed by atoms with Crippen molar-refractivity contribution in [3.8, 4) is 5.75 Å². The Hall–Kier alpha value is -1.51. The molecule has 2 aromatic carbocycles. The van der Waals surface area contributed by atoms with Gasteiger partial charge in [0.05, 0.1) is 11.6 Å². The molecule has 0 fully saturated rings. The van der Waals surface area contributed by atoms with E-state index in [9.17, 15) is 0 Å². The lowest BCUT2D eigenvalue weighted by molar-refractivity contribution is 0.306. The fourth-order valence-electron chi connectivity index (χ4n) is 3.58. The molecule has 1 aliphatic rings. The van der Waals surface area contributed by atoms with Crippen LogP contribution in [0, 0.1) is 0 Å². The van der Waals surface area contributed by atoms with Gasteiger partial charge in [-0.15, -0.1) is 0 Å². The van der Waals surface area contributed by atoms with E-state index in [1.807, 2.05) is 0 Å². The number of rotatable bonds is 6. The fourth-order valence-corrected chi connectivity index (χ4v) is 3.82. The highest BCUT2D eigenvalue weighted by Crippen LogP contribution is 2.37. The number of hydrogen-bond acceptors (Lipinski definition) is 2. The van der Waals surface area contributed by atoms with Crippen LogP contribution in [0.1, 0.15) is 48.8 Å². The molecule has 0 spiro atoms. The van der Waals surface area contributed by atoms with Gasteiger partial charge >= 0.3 is 0 Å². The van der Waals surface area contributed by atoms with E-state index in [2.05, 4.69) is 61.3 Å². The molecule has 0 N–H and O–H groups in total. The SMILES string of the molecule is CCCCCOc1cc2c(cc1Cl)CCN(C)C[C@H]2c1ccccc1. The maximum Gasteiger partial charge on any atom is 0.138 e. The highest BCUT2D eigenvalue weighted by Gasteiger charge is 2.24. The number of hydrogen-bond donors (Lipinski definition) is 0. The van der Waals surface area contributed by atoms with Gasteiger partial charge in [-0.25, -0.2) is 0 Å². The molecule has 0 unspecified atom stereocenters. The van der Waals surface area contributed by atoms with Crippen molar-refractivity contribution >= 4 is 11.6 Å². The minimum absolute atomic E-state index is 0.360. The second kappa shape index (κ2) is 8.73. The van der Waals surface area contributed by atoms with E-state index in [1.54, 1.807) is 0 Å². The van der Waals surface area contributed by atoms with Crippen molar-refractivity contribution in [1.82, 2.24) is 4.90 Å². The van der Waals surface area contributed by atoms with Crippen molar-refractivity contribution in [2.45, 2.75) is 38.5 Å². The van der Waals surface area contributed by atoms with Gasteiger partial charge in [0.15, 0.2) is 0 Å². The number of ether oxygens (including phenoxy) is 1. The predicted molar refractivity (Wildman–Crippen MR) is 106 cm³/mol. The van der Waals surface area contributed by atoms with Crippen LogP contribution in [0.2, 0.25) is 5.02 Å². The highest BCUT2D eigenvalue weighted by molar-refractivity contribution is 6.32. The average molecular weight is 358 g/mol. The molecule has 2 nitrogen and oxygen atoms in total. The maximum absolute atomic E-state index is 6.52. The topological polar surface area (TPSA) is 12.5 Å². The van der Waals surface area contributed by atoms with Gasteiger partial charge in [0.1, 0.15) is 5.75 Å². The molecule has 1 atom stereocenters. The van der Waals surface area contributed by atoms with Crippen LogP contribution in [0.4, 0.5) is 0 Å². The van der Waals surface area contributed by atoms with Crippen molar-refractivity contribution in [2.24, 2.45) is 0 Å². The minimum Gasteiger partial charge on any atom is -0.492 e. The number of benzene rings is 2. The molecule has 0 saturated heterocycles. The molecule has 1 heterocycles. The molecule has 0 amide bonds.